The molecule has 10 nitrogen and oxygen atoms in total. The quantitative estimate of drug-likeness (QED) is 0.418. The topological polar surface area (TPSA) is 150 Å². The van der Waals surface area contributed by atoms with E-state index in [0.717, 1.165) is 36.9 Å². The van der Waals surface area contributed by atoms with Crippen molar-refractivity contribution in [3.05, 3.63) is 47.8 Å². The minimum atomic E-state index is -3.98. The Morgan fingerprint density at radius 1 is 1.14 bits per heavy atom. The Balaban J connectivity index is 1.84. The van der Waals surface area contributed by atoms with E-state index in [1.54, 1.807) is 24.4 Å². The van der Waals surface area contributed by atoms with Gasteiger partial charge in [0.05, 0.1) is 11.1 Å². The van der Waals surface area contributed by atoms with Crippen molar-refractivity contribution in [1.29, 1.82) is 0 Å². The van der Waals surface area contributed by atoms with E-state index >= 15 is 0 Å². The molecule has 0 fully saturated rings. The predicted octanol–water partition coefficient (Wildman–Crippen LogP) is 1.24. The standard InChI is InChI=1S/C24H33N5O5S/c1-16(2)13-21(29-35(33,34)18-9-5-3-6-10-18)23(31)27-20-14-17-15-26-28-19(17)11-7-4-8-12-25-24(32)22(20)30/h3,5-6,9-10,15-16,20-21,29H,4,7-8,11-14H2,1-2H3,(H,25,32)(H,26,28)(H,27,31). The van der Waals surface area contributed by atoms with Crippen LogP contribution >= 0.6 is 0 Å². The van der Waals surface area contributed by atoms with Crippen molar-refractivity contribution in [2.45, 2.75) is 69.4 Å². The highest BCUT2D eigenvalue weighted by atomic mass is 32.2. The normalized spacial score (nSPS) is 18.7. The lowest BCUT2D eigenvalue weighted by Crippen LogP contribution is -2.55. The summed E-state index contributed by atoms with van der Waals surface area (Å²) in [4.78, 5) is 38.8. The van der Waals surface area contributed by atoms with Crippen molar-refractivity contribution >= 4 is 27.6 Å². The summed E-state index contributed by atoms with van der Waals surface area (Å²) in [5, 5.41) is 12.3. The lowest BCUT2D eigenvalue weighted by molar-refractivity contribution is -0.140. The number of aryl methyl sites for hydroxylation is 1. The molecule has 2 amide bonds. The first-order valence-corrected chi connectivity index (χ1v) is 13.4. The molecule has 11 heteroatoms. The Bertz CT molecular complexity index is 1130. The van der Waals surface area contributed by atoms with Gasteiger partial charge >= 0.3 is 0 Å². The lowest BCUT2D eigenvalue weighted by Gasteiger charge is -2.24. The number of nitrogens with one attached hydrogen (secondary N) is 4. The van der Waals surface area contributed by atoms with Crippen LogP contribution < -0.4 is 15.4 Å². The third-order valence-electron chi connectivity index (χ3n) is 5.85. The molecule has 1 aromatic carbocycles. The van der Waals surface area contributed by atoms with Crippen LogP contribution in [0.25, 0.3) is 0 Å². The van der Waals surface area contributed by atoms with E-state index in [2.05, 4.69) is 25.6 Å². The van der Waals surface area contributed by atoms with Gasteiger partial charge in [-0.3, -0.25) is 19.5 Å². The van der Waals surface area contributed by atoms with E-state index in [-0.39, 0.29) is 23.7 Å². The lowest BCUT2D eigenvalue weighted by atomic mass is 9.98. The number of aromatic amines is 1. The first-order chi connectivity index (χ1) is 16.7. The summed E-state index contributed by atoms with van der Waals surface area (Å²) in [7, 11) is -3.98. The van der Waals surface area contributed by atoms with Gasteiger partial charge in [0.1, 0.15) is 12.1 Å². The Kier molecular flexibility index (Phi) is 9.16. The zero-order valence-electron chi connectivity index (χ0n) is 20.0. The summed E-state index contributed by atoms with van der Waals surface area (Å²) in [5.74, 6) is -2.23. The van der Waals surface area contributed by atoms with E-state index < -0.39 is 39.7 Å². The molecule has 1 aromatic heterocycles. The van der Waals surface area contributed by atoms with Crippen LogP contribution in [0.15, 0.2) is 41.4 Å². The average molecular weight is 504 g/mol. The van der Waals surface area contributed by atoms with Crippen molar-refractivity contribution in [3.8, 4) is 0 Å². The number of rotatable bonds is 7. The molecule has 0 saturated carbocycles. The highest BCUT2D eigenvalue weighted by Gasteiger charge is 2.33. The Morgan fingerprint density at radius 3 is 2.60 bits per heavy atom. The first-order valence-electron chi connectivity index (χ1n) is 11.9. The van der Waals surface area contributed by atoms with Gasteiger partial charge < -0.3 is 10.6 Å². The van der Waals surface area contributed by atoms with Gasteiger partial charge in [0.2, 0.25) is 21.7 Å². The minimum Gasteiger partial charge on any atom is -0.349 e. The average Bonchev–Trinajstić information content (AvgIpc) is 3.26. The van der Waals surface area contributed by atoms with Gasteiger partial charge in [0.25, 0.3) is 5.91 Å². The summed E-state index contributed by atoms with van der Waals surface area (Å²) < 4.78 is 28.2. The number of hydrogen-bond acceptors (Lipinski definition) is 6. The predicted molar refractivity (Wildman–Crippen MR) is 130 cm³/mol. The first kappa shape index (κ1) is 26.6. The highest BCUT2D eigenvalue weighted by Crippen LogP contribution is 2.15. The van der Waals surface area contributed by atoms with Crippen LogP contribution in [0.4, 0.5) is 0 Å². The molecule has 2 aromatic rings. The molecule has 35 heavy (non-hydrogen) atoms. The number of fused-ring (bicyclic) bond motifs is 1. The highest BCUT2D eigenvalue weighted by molar-refractivity contribution is 7.89. The summed E-state index contributed by atoms with van der Waals surface area (Å²) in [6, 6.07) is 5.48. The number of aromatic nitrogens is 2. The second-order valence-electron chi connectivity index (χ2n) is 9.19. The van der Waals surface area contributed by atoms with E-state index in [4.69, 9.17) is 0 Å². The van der Waals surface area contributed by atoms with Crippen LogP contribution in [0, 0.1) is 5.92 Å². The molecule has 4 N–H and O–H groups in total. The van der Waals surface area contributed by atoms with Crippen molar-refractivity contribution < 1.29 is 22.8 Å². The SMILES string of the molecule is CC(C)CC(NS(=O)(=O)c1ccccc1)C(=O)NC1Cc2cn[nH]c2CCCCCNC(=O)C1=O. The van der Waals surface area contributed by atoms with Crippen molar-refractivity contribution in [3.63, 3.8) is 0 Å². The maximum Gasteiger partial charge on any atom is 0.289 e. The van der Waals surface area contributed by atoms with Crippen LogP contribution in [0.5, 0.6) is 0 Å². The number of sulfonamides is 1. The van der Waals surface area contributed by atoms with Gasteiger partial charge in [-0.15, -0.1) is 0 Å². The van der Waals surface area contributed by atoms with Gasteiger partial charge in [-0.05, 0) is 49.3 Å². The van der Waals surface area contributed by atoms with Crippen molar-refractivity contribution in [2.24, 2.45) is 5.92 Å². The number of ketones is 1. The summed E-state index contributed by atoms with van der Waals surface area (Å²) in [5.41, 5.74) is 1.60. The number of hydrogen-bond donors (Lipinski definition) is 4. The smallest absolute Gasteiger partial charge is 0.289 e. The molecule has 190 valence electrons. The molecule has 0 spiro atoms. The molecule has 0 bridgehead atoms. The third-order valence-corrected chi connectivity index (χ3v) is 7.34. The Morgan fingerprint density at radius 2 is 1.89 bits per heavy atom. The number of H-pyrrole nitrogens is 1. The maximum atomic E-state index is 13.3. The fourth-order valence-corrected chi connectivity index (χ4v) is 5.25. The largest absolute Gasteiger partial charge is 0.349 e. The monoisotopic (exact) mass is 503 g/mol. The number of Topliss-reactive ketones (excluding diaryl/α,β-unsaturated/α-hetero) is 1. The second-order valence-corrected chi connectivity index (χ2v) is 10.9. The molecular formula is C24H33N5O5S. The van der Waals surface area contributed by atoms with Gasteiger partial charge in [0.15, 0.2) is 0 Å². The third kappa shape index (κ3) is 7.46. The Hall–Kier alpha value is -3.05. The van der Waals surface area contributed by atoms with E-state index in [0.29, 0.717) is 6.54 Å². The van der Waals surface area contributed by atoms with Gasteiger partial charge in [-0.1, -0.05) is 38.5 Å². The molecular weight excluding hydrogens is 470 g/mol. The molecule has 2 atom stereocenters. The molecule has 3 rings (SSSR count). The van der Waals surface area contributed by atoms with E-state index in [1.165, 1.54) is 12.1 Å². The van der Waals surface area contributed by atoms with Crippen molar-refractivity contribution in [1.82, 2.24) is 25.6 Å². The van der Waals surface area contributed by atoms with Crippen molar-refractivity contribution in [2.75, 3.05) is 6.54 Å². The Labute approximate surface area is 205 Å². The number of carbonyl (C=O) groups excluding carboxylic acids is 3. The number of benzene rings is 1. The molecule has 0 aliphatic carbocycles. The van der Waals surface area contributed by atoms with Crippen LogP contribution in [0.3, 0.4) is 0 Å². The molecule has 1 aliphatic rings. The van der Waals surface area contributed by atoms with Gasteiger partial charge in [-0.2, -0.15) is 9.82 Å². The van der Waals surface area contributed by atoms with Gasteiger partial charge in [0, 0.05) is 18.7 Å². The minimum absolute atomic E-state index is 0.0139. The number of nitrogens with zero attached hydrogens (tertiary/aromatic N) is 1. The number of carbonyl (C=O) groups is 3. The maximum absolute atomic E-state index is 13.3. The fourth-order valence-electron chi connectivity index (χ4n) is 4.02. The van der Waals surface area contributed by atoms with E-state index in [9.17, 15) is 22.8 Å². The zero-order valence-corrected chi connectivity index (χ0v) is 20.9. The van der Waals surface area contributed by atoms with Crippen LogP contribution in [-0.4, -0.2) is 54.8 Å². The van der Waals surface area contributed by atoms with Gasteiger partial charge in [-0.25, -0.2) is 8.42 Å². The molecule has 0 radical (unpaired) electrons. The summed E-state index contributed by atoms with van der Waals surface area (Å²) in [6.45, 7) is 4.10. The van der Waals surface area contributed by atoms with Crippen LogP contribution in [-0.2, 0) is 37.2 Å². The molecule has 0 saturated heterocycles. The zero-order chi connectivity index (χ0) is 25.4. The molecule has 2 unspecified atom stereocenters. The van der Waals surface area contributed by atoms with Crippen LogP contribution in [0.1, 0.15) is 50.8 Å². The molecule has 2 heterocycles. The fraction of sp³-hybridized carbons (Fsp3) is 0.500. The summed E-state index contributed by atoms with van der Waals surface area (Å²) >= 11 is 0. The van der Waals surface area contributed by atoms with Crippen LogP contribution in [0.2, 0.25) is 0 Å². The van der Waals surface area contributed by atoms with E-state index in [1.807, 2.05) is 13.8 Å². The molecule has 1 aliphatic heterocycles. The number of amides is 2. The summed E-state index contributed by atoms with van der Waals surface area (Å²) in [6.07, 6.45) is 5.14. The second kappa shape index (κ2) is 12.1.